The monoisotopic (exact) mass is 319 g/mol. The largest absolute Gasteiger partial charge is 0.382 e. The van der Waals surface area contributed by atoms with E-state index in [9.17, 15) is 8.42 Å². The minimum absolute atomic E-state index is 0.0868. The summed E-state index contributed by atoms with van der Waals surface area (Å²) in [6, 6.07) is 0. The molecule has 0 saturated carbocycles. The summed E-state index contributed by atoms with van der Waals surface area (Å²) in [7, 11) is -3.35. The first-order valence-corrected chi connectivity index (χ1v) is 9.53. The van der Waals surface area contributed by atoms with Crippen molar-refractivity contribution >= 4 is 32.2 Å². The Kier molecular flexibility index (Phi) is 5.82. The minimum atomic E-state index is -3.35. The Morgan fingerprint density at radius 2 is 2.00 bits per heavy atom. The normalized spacial score (nSPS) is 12.6. The van der Waals surface area contributed by atoms with E-state index >= 15 is 0 Å². The molecule has 0 fully saturated rings. The van der Waals surface area contributed by atoms with Crippen LogP contribution in [0.1, 0.15) is 46.5 Å². The van der Waals surface area contributed by atoms with Crippen LogP contribution in [-0.4, -0.2) is 25.6 Å². The molecule has 0 bridgehead atoms. The molecule has 116 valence electrons. The minimum Gasteiger partial charge on any atom is -0.382 e. The van der Waals surface area contributed by atoms with Gasteiger partial charge < -0.3 is 11.1 Å². The molecule has 1 aromatic heterocycles. The van der Waals surface area contributed by atoms with E-state index in [2.05, 4.69) is 30.5 Å². The Labute approximate surface area is 126 Å². The van der Waals surface area contributed by atoms with E-state index in [-0.39, 0.29) is 16.1 Å². The van der Waals surface area contributed by atoms with Gasteiger partial charge in [-0.1, -0.05) is 40.0 Å². The van der Waals surface area contributed by atoms with E-state index in [1.54, 1.807) is 0 Å². The fraction of sp³-hybridized carbons (Fsp3) is 0.769. The van der Waals surface area contributed by atoms with E-state index in [0.29, 0.717) is 11.5 Å². The van der Waals surface area contributed by atoms with Crippen molar-refractivity contribution in [1.29, 1.82) is 0 Å². The summed E-state index contributed by atoms with van der Waals surface area (Å²) in [6.45, 7) is 7.25. The number of hydrogen-bond donors (Lipinski definition) is 2. The average molecular weight is 319 g/mol. The van der Waals surface area contributed by atoms with E-state index in [1.807, 2.05) is 0 Å². The quantitative estimate of drug-likeness (QED) is 0.719. The lowest BCUT2D eigenvalue weighted by molar-refractivity contribution is 0.342. The van der Waals surface area contributed by atoms with Crippen LogP contribution in [0.3, 0.4) is 0 Å². The summed E-state index contributed by atoms with van der Waals surface area (Å²) in [5, 5.41) is 3.75. The molecule has 7 heteroatoms. The Morgan fingerprint density at radius 1 is 1.35 bits per heavy atom. The smallest absolute Gasteiger partial charge is 0.182 e. The lowest BCUT2D eigenvalue weighted by atomic mass is 9.87. The van der Waals surface area contributed by atoms with Gasteiger partial charge in [0.1, 0.15) is 9.90 Å². The first kappa shape index (κ1) is 17.2. The van der Waals surface area contributed by atoms with Gasteiger partial charge in [0, 0.05) is 12.8 Å². The standard InChI is InChI=1S/C13H25N3O2S2/c1-5-6-7-8-13(2,3)9-15-12-10(20(4,17)18)11(14)16-19-12/h15H,5-9H2,1-4H3,(H2,14,16). The first-order valence-electron chi connectivity index (χ1n) is 6.86. The fourth-order valence-corrected chi connectivity index (χ4v) is 4.09. The van der Waals surface area contributed by atoms with E-state index in [0.717, 1.165) is 24.2 Å². The van der Waals surface area contributed by atoms with Crippen LogP contribution in [-0.2, 0) is 9.84 Å². The molecular weight excluding hydrogens is 294 g/mol. The number of nitrogen functional groups attached to an aromatic ring is 1. The fourth-order valence-electron chi connectivity index (χ4n) is 2.03. The number of rotatable bonds is 8. The van der Waals surface area contributed by atoms with Gasteiger partial charge >= 0.3 is 0 Å². The number of anilines is 2. The molecule has 0 atom stereocenters. The van der Waals surface area contributed by atoms with Crippen LogP contribution in [0.15, 0.2) is 4.90 Å². The second kappa shape index (κ2) is 6.76. The number of nitrogens with zero attached hydrogens (tertiary/aromatic N) is 1. The van der Waals surface area contributed by atoms with Crippen molar-refractivity contribution in [3.63, 3.8) is 0 Å². The highest BCUT2D eigenvalue weighted by Gasteiger charge is 2.23. The highest BCUT2D eigenvalue weighted by atomic mass is 32.2. The predicted molar refractivity (Wildman–Crippen MR) is 86.0 cm³/mol. The number of nitrogens with one attached hydrogen (secondary N) is 1. The lowest BCUT2D eigenvalue weighted by Crippen LogP contribution is -2.23. The highest BCUT2D eigenvalue weighted by molar-refractivity contribution is 7.91. The molecule has 0 amide bonds. The molecule has 1 rings (SSSR count). The molecule has 0 spiro atoms. The third-order valence-corrected chi connectivity index (χ3v) is 5.33. The SMILES string of the molecule is CCCCCC(C)(C)CNc1snc(N)c1S(C)(=O)=O. The van der Waals surface area contributed by atoms with Crippen LogP contribution in [0, 0.1) is 5.41 Å². The van der Waals surface area contributed by atoms with Crippen molar-refractivity contribution in [2.75, 3.05) is 23.9 Å². The van der Waals surface area contributed by atoms with Crippen molar-refractivity contribution < 1.29 is 8.42 Å². The van der Waals surface area contributed by atoms with Gasteiger partial charge in [-0.15, -0.1) is 0 Å². The first-order chi connectivity index (χ1) is 9.17. The van der Waals surface area contributed by atoms with Gasteiger partial charge in [-0.3, -0.25) is 0 Å². The topological polar surface area (TPSA) is 85.1 Å². The van der Waals surface area contributed by atoms with Gasteiger partial charge in [0.15, 0.2) is 15.7 Å². The van der Waals surface area contributed by atoms with E-state index in [4.69, 9.17) is 5.73 Å². The van der Waals surface area contributed by atoms with Gasteiger partial charge in [-0.2, -0.15) is 4.37 Å². The molecule has 1 aromatic rings. The average Bonchev–Trinajstić information content (AvgIpc) is 2.68. The summed E-state index contributed by atoms with van der Waals surface area (Å²) < 4.78 is 27.4. The number of sulfone groups is 1. The van der Waals surface area contributed by atoms with E-state index < -0.39 is 9.84 Å². The number of unbranched alkanes of at least 4 members (excludes halogenated alkanes) is 2. The molecule has 20 heavy (non-hydrogen) atoms. The maximum Gasteiger partial charge on any atom is 0.182 e. The van der Waals surface area contributed by atoms with Gasteiger partial charge in [-0.25, -0.2) is 8.42 Å². The molecule has 0 aliphatic rings. The van der Waals surface area contributed by atoms with E-state index in [1.165, 1.54) is 19.3 Å². The van der Waals surface area contributed by atoms with Gasteiger partial charge in [0.25, 0.3) is 0 Å². The van der Waals surface area contributed by atoms with Gasteiger partial charge in [0.05, 0.1) is 0 Å². The van der Waals surface area contributed by atoms with Crippen LogP contribution < -0.4 is 11.1 Å². The third-order valence-electron chi connectivity index (χ3n) is 3.23. The molecule has 0 aliphatic heterocycles. The number of aromatic nitrogens is 1. The molecule has 0 aromatic carbocycles. The summed E-state index contributed by atoms with van der Waals surface area (Å²) in [5.74, 6) is 0.0868. The van der Waals surface area contributed by atoms with Crippen molar-refractivity contribution in [3.8, 4) is 0 Å². The molecule has 0 unspecified atom stereocenters. The summed E-state index contributed by atoms with van der Waals surface area (Å²) in [4.78, 5) is 0.131. The molecule has 0 saturated heterocycles. The predicted octanol–water partition coefficient (Wildman–Crippen LogP) is 3.15. The zero-order chi connectivity index (χ0) is 15.4. The Morgan fingerprint density at radius 3 is 2.55 bits per heavy atom. The lowest BCUT2D eigenvalue weighted by Gasteiger charge is -2.25. The molecule has 3 N–H and O–H groups in total. The van der Waals surface area contributed by atoms with Crippen molar-refractivity contribution in [2.45, 2.75) is 51.3 Å². The van der Waals surface area contributed by atoms with Gasteiger partial charge in [0.2, 0.25) is 0 Å². The van der Waals surface area contributed by atoms with Crippen LogP contribution in [0.2, 0.25) is 0 Å². The second-order valence-corrected chi connectivity index (χ2v) is 8.70. The van der Waals surface area contributed by atoms with Crippen molar-refractivity contribution in [2.24, 2.45) is 5.41 Å². The Balaban J connectivity index is 2.71. The number of hydrogen-bond acceptors (Lipinski definition) is 6. The van der Waals surface area contributed by atoms with Crippen LogP contribution in [0.4, 0.5) is 10.8 Å². The Hall–Kier alpha value is -0.820. The molecule has 1 heterocycles. The second-order valence-electron chi connectivity index (χ2n) is 5.97. The summed E-state index contributed by atoms with van der Waals surface area (Å²) in [5.41, 5.74) is 5.76. The zero-order valence-corrected chi connectivity index (χ0v) is 14.3. The van der Waals surface area contributed by atoms with Crippen molar-refractivity contribution in [1.82, 2.24) is 4.37 Å². The van der Waals surface area contributed by atoms with Gasteiger partial charge in [-0.05, 0) is 23.4 Å². The maximum absolute atomic E-state index is 11.7. The highest BCUT2D eigenvalue weighted by Crippen LogP contribution is 2.33. The van der Waals surface area contributed by atoms with Crippen molar-refractivity contribution in [3.05, 3.63) is 0 Å². The van der Waals surface area contributed by atoms with Crippen LogP contribution in [0.5, 0.6) is 0 Å². The summed E-state index contributed by atoms with van der Waals surface area (Å²) >= 11 is 1.11. The molecule has 0 aliphatic carbocycles. The number of nitrogens with two attached hydrogens (primary N) is 1. The molecular formula is C13H25N3O2S2. The maximum atomic E-state index is 11.7. The summed E-state index contributed by atoms with van der Waals surface area (Å²) in [6.07, 6.45) is 5.88. The molecule has 0 radical (unpaired) electrons. The molecule has 5 nitrogen and oxygen atoms in total. The van der Waals surface area contributed by atoms with Crippen LogP contribution >= 0.6 is 11.5 Å². The Bertz CT molecular complexity index is 536. The van der Waals surface area contributed by atoms with Crippen LogP contribution in [0.25, 0.3) is 0 Å². The zero-order valence-electron chi connectivity index (χ0n) is 12.7. The third kappa shape index (κ3) is 4.94.